The SMILES string of the molecule is CCOC1(C(CC)O[Si](C)(C)C)CC1. The van der Waals surface area contributed by atoms with Gasteiger partial charge in [0.15, 0.2) is 8.32 Å². The summed E-state index contributed by atoms with van der Waals surface area (Å²) in [7, 11) is -1.42. The Balaban J connectivity index is 2.53. The molecule has 2 nitrogen and oxygen atoms in total. The van der Waals surface area contributed by atoms with Gasteiger partial charge in [0.1, 0.15) is 0 Å². The molecule has 0 amide bonds. The van der Waals surface area contributed by atoms with Gasteiger partial charge in [-0.05, 0) is 45.8 Å². The molecule has 84 valence electrons. The standard InChI is InChI=1S/C11H24O2Si/c1-6-10(13-14(3,4)5)11(8-9-11)12-7-2/h10H,6-9H2,1-5H3. The molecular formula is C11H24O2Si. The van der Waals surface area contributed by atoms with Gasteiger partial charge in [0, 0.05) is 6.61 Å². The van der Waals surface area contributed by atoms with Crippen LogP contribution in [0.15, 0.2) is 0 Å². The Kier molecular flexibility index (Phi) is 3.78. The van der Waals surface area contributed by atoms with Gasteiger partial charge in [0.25, 0.3) is 0 Å². The third-order valence-electron chi connectivity index (χ3n) is 2.63. The van der Waals surface area contributed by atoms with Crippen LogP contribution in [0.3, 0.4) is 0 Å². The minimum atomic E-state index is -1.42. The van der Waals surface area contributed by atoms with Crippen LogP contribution in [0.4, 0.5) is 0 Å². The van der Waals surface area contributed by atoms with E-state index in [4.69, 9.17) is 9.16 Å². The first kappa shape index (κ1) is 12.2. The van der Waals surface area contributed by atoms with Crippen molar-refractivity contribution in [2.24, 2.45) is 0 Å². The quantitative estimate of drug-likeness (QED) is 0.635. The number of ether oxygens (including phenoxy) is 1. The van der Waals surface area contributed by atoms with Gasteiger partial charge in [-0.1, -0.05) is 6.92 Å². The van der Waals surface area contributed by atoms with E-state index in [1.807, 2.05) is 0 Å². The Morgan fingerprint density at radius 3 is 2.07 bits per heavy atom. The first-order chi connectivity index (χ1) is 6.43. The van der Waals surface area contributed by atoms with E-state index in [-0.39, 0.29) is 5.60 Å². The lowest BCUT2D eigenvalue weighted by atomic mass is 10.1. The molecular weight excluding hydrogens is 192 g/mol. The molecule has 0 aliphatic heterocycles. The Morgan fingerprint density at radius 2 is 1.79 bits per heavy atom. The lowest BCUT2D eigenvalue weighted by Crippen LogP contribution is -2.41. The van der Waals surface area contributed by atoms with E-state index < -0.39 is 8.32 Å². The summed E-state index contributed by atoms with van der Waals surface area (Å²) in [5, 5.41) is 0. The maximum Gasteiger partial charge on any atom is 0.184 e. The van der Waals surface area contributed by atoms with Gasteiger partial charge in [-0.3, -0.25) is 0 Å². The summed E-state index contributed by atoms with van der Waals surface area (Å²) in [6.45, 7) is 11.8. The molecule has 1 unspecified atom stereocenters. The average molecular weight is 216 g/mol. The van der Waals surface area contributed by atoms with Gasteiger partial charge in [0.05, 0.1) is 11.7 Å². The van der Waals surface area contributed by atoms with E-state index in [9.17, 15) is 0 Å². The molecule has 3 heteroatoms. The van der Waals surface area contributed by atoms with Crippen molar-refractivity contribution in [3.63, 3.8) is 0 Å². The van der Waals surface area contributed by atoms with Crippen molar-refractivity contribution in [2.45, 2.75) is 64.5 Å². The summed E-state index contributed by atoms with van der Waals surface area (Å²) in [5.41, 5.74) is 0.0871. The lowest BCUT2D eigenvalue weighted by molar-refractivity contribution is -0.0452. The Bertz CT molecular complexity index is 182. The zero-order chi connectivity index (χ0) is 10.8. The van der Waals surface area contributed by atoms with Crippen LogP contribution in [0.25, 0.3) is 0 Å². The van der Waals surface area contributed by atoms with Gasteiger partial charge in [0.2, 0.25) is 0 Å². The van der Waals surface area contributed by atoms with E-state index in [1.54, 1.807) is 0 Å². The zero-order valence-electron chi connectivity index (χ0n) is 10.2. The second-order valence-electron chi connectivity index (χ2n) is 5.12. The largest absolute Gasteiger partial charge is 0.412 e. The van der Waals surface area contributed by atoms with E-state index in [0.717, 1.165) is 13.0 Å². The second kappa shape index (κ2) is 4.33. The van der Waals surface area contributed by atoms with Crippen LogP contribution in [-0.2, 0) is 9.16 Å². The van der Waals surface area contributed by atoms with Gasteiger partial charge >= 0.3 is 0 Å². The van der Waals surface area contributed by atoms with Crippen molar-refractivity contribution in [1.29, 1.82) is 0 Å². The second-order valence-corrected chi connectivity index (χ2v) is 9.59. The fourth-order valence-electron chi connectivity index (χ4n) is 1.96. The summed E-state index contributed by atoms with van der Waals surface area (Å²) in [6, 6.07) is 0. The Labute approximate surface area is 89.1 Å². The molecule has 14 heavy (non-hydrogen) atoms. The minimum absolute atomic E-state index is 0.0871. The molecule has 1 fully saturated rings. The smallest absolute Gasteiger partial charge is 0.184 e. The van der Waals surface area contributed by atoms with Crippen LogP contribution in [0, 0.1) is 0 Å². The van der Waals surface area contributed by atoms with Gasteiger partial charge in [-0.25, -0.2) is 0 Å². The number of hydrogen-bond donors (Lipinski definition) is 0. The van der Waals surface area contributed by atoms with Crippen LogP contribution in [0.1, 0.15) is 33.1 Å². The molecule has 0 bridgehead atoms. The fraction of sp³-hybridized carbons (Fsp3) is 1.00. The molecule has 0 heterocycles. The molecule has 1 rings (SSSR count). The van der Waals surface area contributed by atoms with Crippen LogP contribution in [-0.4, -0.2) is 26.6 Å². The summed E-state index contributed by atoms with van der Waals surface area (Å²) >= 11 is 0. The molecule has 1 atom stereocenters. The lowest BCUT2D eigenvalue weighted by Gasteiger charge is -2.32. The van der Waals surface area contributed by atoms with E-state index in [0.29, 0.717) is 6.10 Å². The highest BCUT2D eigenvalue weighted by Crippen LogP contribution is 2.45. The van der Waals surface area contributed by atoms with Crippen LogP contribution in [0.5, 0.6) is 0 Å². The summed E-state index contributed by atoms with van der Waals surface area (Å²) in [6.07, 6.45) is 3.77. The molecule has 1 aliphatic carbocycles. The van der Waals surface area contributed by atoms with E-state index in [2.05, 4.69) is 33.5 Å². The number of rotatable bonds is 6. The summed E-state index contributed by atoms with van der Waals surface area (Å²) in [4.78, 5) is 0. The predicted octanol–water partition coefficient (Wildman–Crippen LogP) is 3.19. The van der Waals surface area contributed by atoms with Crippen LogP contribution in [0.2, 0.25) is 19.6 Å². The predicted molar refractivity (Wildman–Crippen MR) is 62.1 cm³/mol. The first-order valence-electron chi connectivity index (χ1n) is 5.75. The maximum absolute atomic E-state index is 6.18. The molecule has 0 aromatic carbocycles. The monoisotopic (exact) mass is 216 g/mol. The molecule has 1 aliphatic rings. The van der Waals surface area contributed by atoms with Crippen molar-refractivity contribution < 1.29 is 9.16 Å². The fourth-order valence-corrected chi connectivity index (χ4v) is 3.19. The van der Waals surface area contributed by atoms with Crippen molar-refractivity contribution >= 4 is 8.32 Å². The normalized spacial score (nSPS) is 22.1. The Hall–Kier alpha value is 0.137. The molecule has 0 aromatic rings. The van der Waals surface area contributed by atoms with E-state index >= 15 is 0 Å². The third kappa shape index (κ3) is 3.07. The molecule has 0 aromatic heterocycles. The molecule has 1 saturated carbocycles. The molecule has 0 saturated heterocycles. The van der Waals surface area contributed by atoms with Gasteiger partial charge in [-0.2, -0.15) is 0 Å². The van der Waals surface area contributed by atoms with Gasteiger partial charge in [-0.15, -0.1) is 0 Å². The third-order valence-corrected chi connectivity index (χ3v) is 3.62. The van der Waals surface area contributed by atoms with Crippen LogP contribution < -0.4 is 0 Å². The van der Waals surface area contributed by atoms with Crippen molar-refractivity contribution in [3.8, 4) is 0 Å². The maximum atomic E-state index is 6.18. The topological polar surface area (TPSA) is 18.5 Å². The Morgan fingerprint density at radius 1 is 1.21 bits per heavy atom. The average Bonchev–Trinajstić information content (AvgIpc) is 2.80. The van der Waals surface area contributed by atoms with Crippen molar-refractivity contribution in [2.75, 3.05) is 6.61 Å². The molecule has 0 spiro atoms. The van der Waals surface area contributed by atoms with Crippen LogP contribution >= 0.6 is 0 Å². The highest BCUT2D eigenvalue weighted by Gasteiger charge is 2.51. The molecule has 0 N–H and O–H groups in total. The van der Waals surface area contributed by atoms with E-state index in [1.165, 1.54) is 12.8 Å². The van der Waals surface area contributed by atoms with Gasteiger partial charge < -0.3 is 9.16 Å². The highest BCUT2D eigenvalue weighted by atomic mass is 28.4. The van der Waals surface area contributed by atoms with Crippen molar-refractivity contribution in [3.05, 3.63) is 0 Å². The first-order valence-corrected chi connectivity index (χ1v) is 9.16. The minimum Gasteiger partial charge on any atom is -0.412 e. The van der Waals surface area contributed by atoms with Crippen molar-refractivity contribution in [1.82, 2.24) is 0 Å². The summed E-state index contributed by atoms with van der Waals surface area (Å²) in [5.74, 6) is 0. The number of hydrogen-bond acceptors (Lipinski definition) is 2. The summed E-state index contributed by atoms with van der Waals surface area (Å²) < 4.78 is 12.0. The molecule has 0 radical (unpaired) electrons. The highest BCUT2D eigenvalue weighted by molar-refractivity contribution is 6.69. The zero-order valence-corrected chi connectivity index (χ0v) is 11.2.